The van der Waals surface area contributed by atoms with Crippen molar-refractivity contribution in [3.63, 3.8) is 0 Å². The van der Waals surface area contributed by atoms with E-state index in [1.54, 1.807) is 12.1 Å². The highest BCUT2D eigenvalue weighted by Gasteiger charge is 2.27. The predicted octanol–water partition coefficient (Wildman–Crippen LogP) is 1.54. The first kappa shape index (κ1) is 13.5. The van der Waals surface area contributed by atoms with Crippen molar-refractivity contribution >= 4 is 10.0 Å². The maximum atomic E-state index is 12.0. The van der Waals surface area contributed by atoms with E-state index < -0.39 is 10.0 Å². The molecular formula is C13H19NO3S. The molecule has 0 spiro atoms. The fourth-order valence-corrected chi connectivity index (χ4v) is 3.82. The third-order valence-corrected chi connectivity index (χ3v) is 5.32. The standard InChI is InChI=1S/C13H19NO3S/c15-10-12-7-5-11(6-8-12)9-14-18(16,17)13-3-1-2-4-13/h5-8,13-15H,1-4,9-10H2. The predicted molar refractivity (Wildman–Crippen MR) is 70.4 cm³/mol. The van der Waals surface area contributed by atoms with Crippen LogP contribution in [0.4, 0.5) is 0 Å². The van der Waals surface area contributed by atoms with Crippen LogP contribution in [0.1, 0.15) is 36.8 Å². The summed E-state index contributed by atoms with van der Waals surface area (Å²) in [4.78, 5) is 0. The molecule has 0 bridgehead atoms. The van der Waals surface area contributed by atoms with Crippen molar-refractivity contribution in [3.8, 4) is 0 Å². The zero-order valence-corrected chi connectivity index (χ0v) is 11.1. The number of hydrogen-bond donors (Lipinski definition) is 2. The highest BCUT2D eigenvalue weighted by molar-refractivity contribution is 7.90. The lowest BCUT2D eigenvalue weighted by atomic mass is 10.1. The summed E-state index contributed by atoms with van der Waals surface area (Å²) in [5, 5.41) is 8.71. The molecule has 1 fully saturated rings. The number of nitrogens with one attached hydrogen (secondary N) is 1. The Kier molecular flexibility index (Phi) is 4.37. The molecule has 1 aliphatic carbocycles. The normalized spacial score (nSPS) is 17.2. The Morgan fingerprint density at radius 3 is 2.22 bits per heavy atom. The smallest absolute Gasteiger partial charge is 0.214 e. The molecule has 0 aromatic heterocycles. The van der Waals surface area contributed by atoms with Gasteiger partial charge >= 0.3 is 0 Å². The molecule has 5 heteroatoms. The summed E-state index contributed by atoms with van der Waals surface area (Å²) in [6, 6.07) is 7.28. The van der Waals surface area contributed by atoms with Crippen LogP contribution in [-0.2, 0) is 23.2 Å². The highest BCUT2D eigenvalue weighted by Crippen LogP contribution is 2.24. The molecule has 0 radical (unpaired) electrons. The van der Waals surface area contributed by atoms with Crippen molar-refractivity contribution in [1.29, 1.82) is 0 Å². The molecule has 0 saturated heterocycles. The molecule has 1 saturated carbocycles. The van der Waals surface area contributed by atoms with Gasteiger partial charge in [0.2, 0.25) is 10.0 Å². The van der Waals surface area contributed by atoms with Crippen LogP contribution in [0.15, 0.2) is 24.3 Å². The second-order valence-corrected chi connectivity index (χ2v) is 6.79. The van der Waals surface area contributed by atoms with Gasteiger partial charge in [-0.15, -0.1) is 0 Å². The lowest BCUT2D eigenvalue weighted by Gasteiger charge is -2.12. The molecule has 4 nitrogen and oxygen atoms in total. The third-order valence-electron chi connectivity index (χ3n) is 3.42. The molecule has 1 aliphatic rings. The Labute approximate surface area is 108 Å². The summed E-state index contributed by atoms with van der Waals surface area (Å²) < 4.78 is 26.6. The summed E-state index contributed by atoms with van der Waals surface area (Å²) in [6.07, 6.45) is 3.57. The van der Waals surface area contributed by atoms with Crippen molar-refractivity contribution in [2.45, 2.75) is 44.1 Å². The minimum absolute atomic E-state index is 0.00802. The molecule has 2 N–H and O–H groups in total. The molecule has 18 heavy (non-hydrogen) atoms. The average Bonchev–Trinajstić information content (AvgIpc) is 2.92. The van der Waals surface area contributed by atoms with E-state index in [1.165, 1.54) is 0 Å². The number of sulfonamides is 1. The van der Waals surface area contributed by atoms with Gasteiger partial charge in [-0.05, 0) is 24.0 Å². The summed E-state index contributed by atoms with van der Waals surface area (Å²) in [6.45, 7) is 0.332. The van der Waals surface area contributed by atoms with Gasteiger partial charge in [-0.2, -0.15) is 0 Å². The Hall–Kier alpha value is -0.910. The molecule has 0 aliphatic heterocycles. The van der Waals surface area contributed by atoms with E-state index in [9.17, 15) is 8.42 Å². The summed E-state index contributed by atoms with van der Waals surface area (Å²) >= 11 is 0. The quantitative estimate of drug-likeness (QED) is 0.852. The van der Waals surface area contributed by atoms with Gasteiger partial charge in [0, 0.05) is 6.54 Å². The highest BCUT2D eigenvalue weighted by atomic mass is 32.2. The van der Waals surface area contributed by atoms with Crippen molar-refractivity contribution in [2.24, 2.45) is 0 Å². The van der Waals surface area contributed by atoms with Gasteiger partial charge in [0.15, 0.2) is 0 Å². The second-order valence-electron chi connectivity index (χ2n) is 4.75. The van der Waals surface area contributed by atoms with E-state index in [4.69, 9.17) is 5.11 Å². The van der Waals surface area contributed by atoms with E-state index in [0.717, 1.165) is 36.8 Å². The van der Waals surface area contributed by atoms with Gasteiger partial charge in [-0.3, -0.25) is 0 Å². The van der Waals surface area contributed by atoms with Gasteiger partial charge in [-0.25, -0.2) is 13.1 Å². The lowest BCUT2D eigenvalue weighted by molar-refractivity contribution is 0.282. The van der Waals surface area contributed by atoms with E-state index in [2.05, 4.69) is 4.72 Å². The van der Waals surface area contributed by atoms with Gasteiger partial charge in [0.05, 0.1) is 11.9 Å². The van der Waals surface area contributed by atoms with Gasteiger partial charge in [-0.1, -0.05) is 37.1 Å². The summed E-state index contributed by atoms with van der Waals surface area (Å²) in [5.41, 5.74) is 1.74. The average molecular weight is 269 g/mol. The fraction of sp³-hybridized carbons (Fsp3) is 0.538. The Morgan fingerprint density at radius 2 is 1.67 bits per heavy atom. The van der Waals surface area contributed by atoms with Gasteiger partial charge in [0.1, 0.15) is 0 Å². The van der Waals surface area contributed by atoms with Crippen molar-refractivity contribution in [3.05, 3.63) is 35.4 Å². The lowest BCUT2D eigenvalue weighted by Crippen LogP contribution is -2.32. The molecule has 0 amide bonds. The van der Waals surface area contributed by atoms with E-state index >= 15 is 0 Å². The Bertz CT molecular complexity index is 475. The molecule has 0 atom stereocenters. The van der Waals surface area contributed by atoms with Crippen molar-refractivity contribution in [1.82, 2.24) is 4.72 Å². The van der Waals surface area contributed by atoms with Crippen LogP contribution in [0, 0.1) is 0 Å². The van der Waals surface area contributed by atoms with Crippen LogP contribution in [0.5, 0.6) is 0 Å². The minimum atomic E-state index is -3.17. The first-order chi connectivity index (χ1) is 8.62. The van der Waals surface area contributed by atoms with Crippen molar-refractivity contribution in [2.75, 3.05) is 0 Å². The largest absolute Gasteiger partial charge is 0.392 e. The summed E-state index contributed by atoms with van der Waals surface area (Å²) in [5.74, 6) is 0. The third kappa shape index (κ3) is 3.31. The SMILES string of the molecule is O=S(=O)(NCc1ccc(CO)cc1)C1CCCC1. The van der Waals surface area contributed by atoms with Crippen LogP contribution in [-0.4, -0.2) is 18.8 Å². The fourth-order valence-electron chi connectivity index (χ4n) is 2.26. The first-order valence-electron chi connectivity index (χ1n) is 6.29. The second kappa shape index (κ2) is 5.82. The number of benzene rings is 1. The Balaban J connectivity index is 1.93. The molecule has 1 aromatic rings. The summed E-state index contributed by atoms with van der Waals surface area (Å²) in [7, 11) is -3.17. The number of aliphatic hydroxyl groups is 1. The molecule has 2 rings (SSSR count). The topological polar surface area (TPSA) is 66.4 Å². The molecule has 0 heterocycles. The van der Waals surface area contributed by atoms with Crippen LogP contribution in [0.25, 0.3) is 0 Å². The zero-order valence-electron chi connectivity index (χ0n) is 10.3. The van der Waals surface area contributed by atoms with Gasteiger partial charge in [0.25, 0.3) is 0 Å². The first-order valence-corrected chi connectivity index (χ1v) is 7.83. The van der Waals surface area contributed by atoms with Crippen LogP contribution in [0.2, 0.25) is 0 Å². The van der Waals surface area contributed by atoms with Gasteiger partial charge < -0.3 is 5.11 Å². The number of aliphatic hydroxyl groups excluding tert-OH is 1. The molecular weight excluding hydrogens is 250 g/mol. The maximum Gasteiger partial charge on any atom is 0.214 e. The monoisotopic (exact) mass is 269 g/mol. The maximum absolute atomic E-state index is 12.0. The van der Waals surface area contributed by atoms with Crippen LogP contribution in [0.3, 0.4) is 0 Å². The molecule has 0 unspecified atom stereocenters. The van der Waals surface area contributed by atoms with E-state index in [0.29, 0.717) is 6.54 Å². The van der Waals surface area contributed by atoms with E-state index in [-0.39, 0.29) is 11.9 Å². The van der Waals surface area contributed by atoms with Crippen LogP contribution < -0.4 is 4.72 Å². The van der Waals surface area contributed by atoms with Crippen molar-refractivity contribution < 1.29 is 13.5 Å². The molecule has 100 valence electrons. The van der Waals surface area contributed by atoms with Crippen LogP contribution >= 0.6 is 0 Å². The molecule has 1 aromatic carbocycles. The Morgan fingerprint density at radius 1 is 1.11 bits per heavy atom. The number of rotatable bonds is 5. The zero-order chi connectivity index (χ0) is 13.0. The van der Waals surface area contributed by atoms with E-state index in [1.807, 2.05) is 12.1 Å². The minimum Gasteiger partial charge on any atom is -0.392 e. The number of hydrogen-bond acceptors (Lipinski definition) is 3.